The summed E-state index contributed by atoms with van der Waals surface area (Å²) in [7, 11) is 0. The molecule has 0 aliphatic rings. The van der Waals surface area contributed by atoms with E-state index in [4.69, 9.17) is 5.11 Å². The number of hydrogen-bond donors (Lipinski definition) is 1. The third-order valence-electron chi connectivity index (χ3n) is 1.82. The normalized spacial score (nSPS) is 12.2. The fourth-order valence-corrected chi connectivity index (χ4v) is 1.67. The lowest BCUT2D eigenvalue weighted by Gasteiger charge is -2.16. The predicted octanol–water partition coefficient (Wildman–Crippen LogP) is 3.29. The first-order valence-corrected chi connectivity index (χ1v) is 4.71. The van der Waals surface area contributed by atoms with Gasteiger partial charge in [0.2, 0.25) is 0 Å². The van der Waals surface area contributed by atoms with Crippen LogP contribution in [0.2, 0.25) is 0 Å². The summed E-state index contributed by atoms with van der Waals surface area (Å²) in [4.78, 5) is 3.32. The molecule has 1 N–H and O–H groups in total. The third-order valence-corrected chi connectivity index (χ3v) is 2.45. The smallest absolute Gasteiger partial charge is 0.392 e. The number of halogens is 6. The molecule has 0 atom stereocenters. The Morgan fingerprint density at radius 2 is 1.94 bits per heavy atom. The second-order valence-electron chi connectivity index (χ2n) is 2.82. The summed E-state index contributed by atoms with van der Waals surface area (Å²) in [6.07, 6.45) is -7.58. The fourth-order valence-electron chi connectivity index (χ4n) is 1.20. The molecule has 90 valence electrons. The lowest BCUT2D eigenvalue weighted by atomic mass is 10.0. The molecule has 0 fully saturated rings. The third kappa shape index (κ3) is 2.49. The van der Waals surface area contributed by atoms with E-state index < -0.39 is 40.5 Å². The molecule has 0 bridgehead atoms. The molecule has 0 aliphatic carbocycles. The quantitative estimate of drug-likeness (QED) is 0.672. The van der Waals surface area contributed by atoms with Crippen LogP contribution in [0.5, 0.6) is 0 Å². The number of aliphatic hydroxyl groups excluding tert-OH is 1. The van der Waals surface area contributed by atoms with E-state index in [9.17, 15) is 22.0 Å². The molecule has 0 spiro atoms. The number of aliphatic hydroxyl groups is 1. The van der Waals surface area contributed by atoms with Crippen LogP contribution in [-0.4, -0.2) is 10.1 Å². The first kappa shape index (κ1) is 13.3. The van der Waals surface area contributed by atoms with Crippen molar-refractivity contribution in [3.05, 3.63) is 27.5 Å². The number of alkyl halides is 5. The molecule has 0 unspecified atom stereocenters. The standard InChI is InChI=1S/C8H5BrF5NO/c9-6-4(7(10)11)5(8(12,13)14)3(2-16)1-15-6/h1,7,16H,2H2. The second kappa shape index (κ2) is 4.62. The minimum atomic E-state index is -4.96. The highest BCUT2D eigenvalue weighted by Crippen LogP contribution is 2.41. The Balaban J connectivity index is 3.56. The van der Waals surface area contributed by atoms with Crippen LogP contribution in [-0.2, 0) is 12.8 Å². The monoisotopic (exact) mass is 305 g/mol. The topological polar surface area (TPSA) is 33.1 Å². The molecule has 0 amide bonds. The van der Waals surface area contributed by atoms with Crippen molar-refractivity contribution < 1.29 is 27.1 Å². The van der Waals surface area contributed by atoms with Crippen molar-refractivity contribution in [3.8, 4) is 0 Å². The molecule has 1 rings (SSSR count). The van der Waals surface area contributed by atoms with Gasteiger partial charge in [0.1, 0.15) is 4.60 Å². The van der Waals surface area contributed by atoms with E-state index in [-0.39, 0.29) is 0 Å². The number of pyridine rings is 1. The molecular formula is C8H5BrF5NO. The van der Waals surface area contributed by atoms with Crippen LogP contribution in [0.4, 0.5) is 22.0 Å². The van der Waals surface area contributed by atoms with Gasteiger partial charge in [0.05, 0.1) is 17.7 Å². The number of hydrogen-bond acceptors (Lipinski definition) is 2. The van der Waals surface area contributed by atoms with Gasteiger partial charge in [-0.15, -0.1) is 0 Å². The second-order valence-corrected chi connectivity index (χ2v) is 3.57. The highest BCUT2D eigenvalue weighted by atomic mass is 79.9. The summed E-state index contributed by atoms with van der Waals surface area (Å²) in [5, 5.41) is 8.68. The molecule has 0 aliphatic heterocycles. The minimum Gasteiger partial charge on any atom is -0.392 e. The van der Waals surface area contributed by atoms with E-state index in [1.807, 2.05) is 0 Å². The zero-order valence-corrected chi connectivity index (χ0v) is 9.11. The van der Waals surface area contributed by atoms with Gasteiger partial charge in [-0.2, -0.15) is 13.2 Å². The van der Waals surface area contributed by atoms with Gasteiger partial charge >= 0.3 is 6.18 Å². The fraction of sp³-hybridized carbons (Fsp3) is 0.375. The maximum atomic E-state index is 12.5. The average Bonchev–Trinajstić information content (AvgIpc) is 2.15. The summed E-state index contributed by atoms with van der Waals surface area (Å²) in [5.74, 6) is 0. The van der Waals surface area contributed by atoms with E-state index >= 15 is 0 Å². The van der Waals surface area contributed by atoms with Gasteiger partial charge in [0.15, 0.2) is 0 Å². The Labute approximate surface area is 95.2 Å². The van der Waals surface area contributed by atoms with Crippen LogP contribution in [0.3, 0.4) is 0 Å². The van der Waals surface area contributed by atoms with Crippen molar-refractivity contribution >= 4 is 15.9 Å². The Bertz CT molecular complexity index is 393. The first-order valence-electron chi connectivity index (χ1n) is 3.92. The van der Waals surface area contributed by atoms with Crippen molar-refractivity contribution in [1.82, 2.24) is 4.98 Å². The zero-order chi connectivity index (χ0) is 12.5. The van der Waals surface area contributed by atoms with E-state index in [0.717, 1.165) is 0 Å². The molecule has 8 heteroatoms. The Hall–Kier alpha value is -0.760. The van der Waals surface area contributed by atoms with Gasteiger partial charge < -0.3 is 5.11 Å². The number of aromatic nitrogens is 1. The lowest BCUT2D eigenvalue weighted by molar-refractivity contribution is -0.140. The summed E-state index contributed by atoms with van der Waals surface area (Å²) < 4.78 is 62.0. The molecule has 0 aromatic carbocycles. The SMILES string of the molecule is OCc1cnc(Br)c(C(F)F)c1C(F)(F)F. The summed E-state index contributed by atoms with van der Waals surface area (Å²) >= 11 is 2.53. The zero-order valence-electron chi connectivity index (χ0n) is 7.52. The van der Waals surface area contributed by atoms with Crippen LogP contribution >= 0.6 is 15.9 Å². The Kier molecular flexibility index (Phi) is 3.84. The van der Waals surface area contributed by atoms with Crippen molar-refractivity contribution in [2.75, 3.05) is 0 Å². The Morgan fingerprint density at radius 3 is 2.31 bits per heavy atom. The lowest BCUT2D eigenvalue weighted by Crippen LogP contribution is -2.15. The van der Waals surface area contributed by atoms with E-state index in [0.29, 0.717) is 6.20 Å². The molecule has 1 aromatic heterocycles. The molecule has 0 saturated carbocycles. The van der Waals surface area contributed by atoms with Crippen molar-refractivity contribution in [1.29, 1.82) is 0 Å². The van der Waals surface area contributed by atoms with Crippen molar-refractivity contribution in [2.24, 2.45) is 0 Å². The largest absolute Gasteiger partial charge is 0.417 e. The molecule has 1 aromatic rings. The van der Waals surface area contributed by atoms with Crippen LogP contribution < -0.4 is 0 Å². The van der Waals surface area contributed by atoms with Crippen LogP contribution in [0, 0.1) is 0 Å². The van der Waals surface area contributed by atoms with Gasteiger partial charge in [-0.25, -0.2) is 13.8 Å². The maximum absolute atomic E-state index is 12.5. The molecule has 2 nitrogen and oxygen atoms in total. The van der Waals surface area contributed by atoms with Gasteiger partial charge in [-0.05, 0) is 15.9 Å². The molecule has 16 heavy (non-hydrogen) atoms. The highest BCUT2D eigenvalue weighted by Gasteiger charge is 2.39. The van der Waals surface area contributed by atoms with Crippen molar-refractivity contribution in [3.63, 3.8) is 0 Å². The van der Waals surface area contributed by atoms with Crippen LogP contribution in [0.25, 0.3) is 0 Å². The average molecular weight is 306 g/mol. The van der Waals surface area contributed by atoms with E-state index in [1.165, 1.54) is 0 Å². The van der Waals surface area contributed by atoms with Crippen LogP contribution in [0.1, 0.15) is 23.1 Å². The molecule has 0 saturated heterocycles. The Morgan fingerprint density at radius 1 is 1.38 bits per heavy atom. The molecule has 1 heterocycles. The summed E-state index contributed by atoms with van der Waals surface area (Å²) in [5.41, 5.74) is -3.46. The van der Waals surface area contributed by atoms with Gasteiger partial charge in [-0.3, -0.25) is 0 Å². The molecule has 0 radical (unpaired) electrons. The summed E-state index contributed by atoms with van der Waals surface area (Å²) in [6, 6.07) is 0. The molecular weight excluding hydrogens is 301 g/mol. The van der Waals surface area contributed by atoms with E-state index in [1.54, 1.807) is 0 Å². The summed E-state index contributed by atoms with van der Waals surface area (Å²) in [6.45, 7) is -1.01. The maximum Gasteiger partial charge on any atom is 0.417 e. The predicted molar refractivity (Wildman–Crippen MR) is 47.8 cm³/mol. The number of rotatable bonds is 2. The minimum absolute atomic E-state index is 0.577. The van der Waals surface area contributed by atoms with E-state index in [2.05, 4.69) is 20.9 Å². The van der Waals surface area contributed by atoms with Crippen molar-refractivity contribution in [2.45, 2.75) is 19.2 Å². The van der Waals surface area contributed by atoms with Gasteiger partial charge in [0.25, 0.3) is 6.43 Å². The van der Waals surface area contributed by atoms with Crippen LogP contribution in [0.15, 0.2) is 10.8 Å². The first-order chi connectivity index (χ1) is 7.29. The highest BCUT2D eigenvalue weighted by molar-refractivity contribution is 9.10. The van der Waals surface area contributed by atoms with Gasteiger partial charge in [0, 0.05) is 11.8 Å². The number of nitrogens with zero attached hydrogens (tertiary/aromatic N) is 1. The van der Waals surface area contributed by atoms with Gasteiger partial charge in [-0.1, -0.05) is 0 Å².